The highest BCUT2D eigenvalue weighted by molar-refractivity contribution is 6.31. The van der Waals surface area contributed by atoms with Crippen LogP contribution in [0.5, 0.6) is 0 Å². The van der Waals surface area contributed by atoms with Gasteiger partial charge in [-0.2, -0.15) is 0 Å². The second kappa shape index (κ2) is 3.27. The number of carbonyl (C=O) groups is 1. The van der Waals surface area contributed by atoms with Gasteiger partial charge in [0.05, 0.1) is 5.56 Å². The molecule has 0 amide bonds. The number of aromatic nitrogens is 1. The molecule has 1 aromatic rings. The van der Waals surface area contributed by atoms with Gasteiger partial charge in [0.25, 0.3) is 0 Å². The maximum atomic E-state index is 10.4. The van der Waals surface area contributed by atoms with Crippen molar-refractivity contribution in [2.24, 2.45) is 5.18 Å². The highest BCUT2D eigenvalue weighted by Crippen LogP contribution is 2.22. The van der Waals surface area contributed by atoms with E-state index in [2.05, 4.69) is 10.2 Å². The summed E-state index contributed by atoms with van der Waals surface area (Å²) in [5, 5.41) is 10.9. The summed E-state index contributed by atoms with van der Waals surface area (Å²) in [4.78, 5) is 23.9. The van der Waals surface area contributed by atoms with E-state index in [0.717, 1.165) is 12.3 Å². The summed E-state index contributed by atoms with van der Waals surface area (Å²) in [6.45, 7) is 0. The minimum atomic E-state index is -1.18. The molecule has 6 heteroatoms. The van der Waals surface area contributed by atoms with Crippen LogP contribution in [0.25, 0.3) is 0 Å². The number of carboxylic acid groups (broad SMARTS) is 1. The summed E-state index contributed by atoms with van der Waals surface area (Å²) in [5.74, 6) is -1.18. The molecule has 0 fully saturated rings. The molecule has 0 atom stereocenters. The Morgan fingerprint density at radius 3 is 2.83 bits per heavy atom. The van der Waals surface area contributed by atoms with Crippen LogP contribution in [0, 0.1) is 4.91 Å². The monoisotopic (exact) mass is 186 g/mol. The highest BCUT2D eigenvalue weighted by atomic mass is 35.5. The Morgan fingerprint density at radius 2 is 2.33 bits per heavy atom. The first-order valence-electron chi connectivity index (χ1n) is 2.87. The number of rotatable bonds is 2. The van der Waals surface area contributed by atoms with E-state index in [4.69, 9.17) is 16.7 Å². The van der Waals surface area contributed by atoms with E-state index < -0.39 is 5.97 Å². The Morgan fingerprint density at radius 1 is 1.67 bits per heavy atom. The molecule has 0 saturated carbocycles. The first-order valence-corrected chi connectivity index (χ1v) is 3.25. The van der Waals surface area contributed by atoms with Gasteiger partial charge < -0.3 is 5.11 Å². The fraction of sp³-hybridized carbons (Fsp3) is 0. The maximum absolute atomic E-state index is 10.4. The Hall–Kier alpha value is -1.49. The fourth-order valence-corrected chi connectivity index (χ4v) is 0.755. The van der Waals surface area contributed by atoms with Crippen molar-refractivity contribution in [2.75, 3.05) is 0 Å². The number of hydrogen-bond acceptors (Lipinski definition) is 4. The zero-order valence-electron chi connectivity index (χ0n) is 5.69. The van der Waals surface area contributed by atoms with Crippen LogP contribution in [0.15, 0.2) is 17.4 Å². The second-order valence-electron chi connectivity index (χ2n) is 1.93. The first kappa shape index (κ1) is 8.61. The van der Waals surface area contributed by atoms with Gasteiger partial charge in [-0.3, -0.25) is 0 Å². The summed E-state index contributed by atoms with van der Waals surface area (Å²) >= 11 is 5.40. The smallest absolute Gasteiger partial charge is 0.337 e. The van der Waals surface area contributed by atoms with Crippen LogP contribution in [0.4, 0.5) is 5.69 Å². The molecule has 0 bridgehead atoms. The van der Waals surface area contributed by atoms with Crippen LogP contribution >= 0.6 is 11.6 Å². The van der Waals surface area contributed by atoms with Gasteiger partial charge in [-0.05, 0) is 11.2 Å². The molecular formula is C6H3ClN2O3. The van der Waals surface area contributed by atoms with Gasteiger partial charge in [0.15, 0.2) is 5.15 Å². The van der Waals surface area contributed by atoms with Crippen LogP contribution in [0.3, 0.4) is 0 Å². The minimum absolute atomic E-state index is 0.102. The van der Waals surface area contributed by atoms with Crippen LogP contribution in [-0.4, -0.2) is 16.1 Å². The van der Waals surface area contributed by atoms with Crippen molar-refractivity contribution in [3.8, 4) is 0 Å². The molecule has 0 unspecified atom stereocenters. The van der Waals surface area contributed by atoms with E-state index in [1.54, 1.807) is 0 Å². The first-order chi connectivity index (χ1) is 5.65. The van der Waals surface area contributed by atoms with E-state index in [-0.39, 0.29) is 16.4 Å². The molecule has 1 heterocycles. The normalized spacial score (nSPS) is 9.42. The van der Waals surface area contributed by atoms with Crippen LogP contribution in [0.2, 0.25) is 5.15 Å². The Bertz CT molecular complexity index is 340. The van der Waals surface area contributed by atoms with Gasteiger partial charge in [-0.25, -0.2) is 9.78 Å². The number of aromatic carboxylic acids is 1. The van der Waals surface area contributed by atoms with E-state index in [1.165, 1.54) is 0 Å². The molecule has 12 heavy (non-hydrogen) atoms. The molecule has 0 radical (unpaired) electrons. The standard InChI is InChI=1S/C6H3ClN2O3/c7-5-4(9-12)1-3(2-8-5)6(10)11/h1-2H,(H,10,11). The largest absolute Gasteiger partial charge is 0.478 e. The minimum Gasteiger partial charge on any atom is -0.478 e. The van der Waals surface area contributed by atoms with Crippen molar-refractivity contribution in [1.82, 2.24) is 4.98 Å². The number of nitroso groups, excluding NO2 is 1. The molecule has 0 aliphatic carbocycles. The van der Waals surface area contributed by atoms with E-state index in [1.807, 2.05) is 0 Å². The number of nitrogens with zero attached hydrogens (tertiary/aromatic N) is 2. The molecule has 62 valence electrons. The summed E-state index contributed by atoms with van der Waals surface area (Å²) in [6.07, 6.45) is 1.05. The Balaban J connectivity index is 3.22. The molecule has 0 aromatic carbocycles. The average Bonchev–Trinajstić information content (AvgIpc) is 2.05. The molecule has 1 rings (SSSR count). The molecule has 1 aromatic heterocycles. The third-order valence-electron chi connectivity index (χ3n) is 1.17. The van der Waals surface area contributed by atoms with Gasteiger partial charge in [0, 0.05) is 6.20 Å². The average molecular weight is 187 g/mol. The molecule has 0 aliphatic rings. The van der Waals surface area contributed by atoms with E-state index >= 15 is 0 Å². The zero-order valence-corrected chi connectivity index (χ0v) is 6.45. The number of carboxylic acids is 1. The highest BCUT2D eigenvalue weighted by Gasteiger charge is 2.08. The van der Waals surface area contributed by atoms with Crippen LogP contribution in [-0.2, 0) is 0 Å². The van der Waals surface area contributed by atoms with Gasteiger partial charge in [0.1, 0.15) is 5.69 Å². The lowest BCUT2D eigenvalue weighted by Crippen LogP contribution is -1.96. The SMILES string of the molecule is O=Nc1cc(C(=O)O)cnc1Cl. The van der Waals surface area contributed by atoms with Crippen molar-refractivity contribution in [2.45, 2.75) is 0 Å². The molecule has 5 nitrogen and oxygen atoms in total. The summed E-state index contributed by atoms with van der Waals surface area (Å²) in [5.41, 5.74) is -0.287. The lowest BCUT2D eigenvalue weighted by Gasteiger charge is -1.95. The van der Waals surface area contributed by atoms with Crippen molar-refractivity contribution < 1.29 is 9.90 Å². The second-order valence-corrected chi connectivity index (χ2v) is 2.29. The predicted molar refractivity (Wildman–Crippen MR) is 41.7 cm³/mol. The molecule has 0 aliphatic heterocycles. The van der Waals surface area contributed by atoms with Crippen molar-refractivity contribution in [1.29, 1.82) is 0 Å². The van der Waals surface area contributed by atoms with Gasteiger partial charge in [-0.15, -0.1) is 4.91 Å². The van der Waals surface area contributed by atoms with Gasteiger partial charge >= 0.3 is 5.97 Å². The summed E-state index contributed by atoms with van der Waals surface area (Å²) in [7, 11) is 0. The van der Waals surface area contributed by atoms with Crippen LogP contribution < -0.4 is 0 Å². The zero-order chi connectivity index (χ0) is 9.14. The Kier molecular flexibility index (Phi) is 2.35. The quantitative estimate of drug-likeness (QED) is 0.564. The Labute approximate surface area is 72.0 Å². The van der Waals surface area contributed by atoms with Crippen LogP contribution in [0.1, 0.15) is 10.4 Å². The molecule has 0 saturated heterocycles. The molecule has 1 N–H and O–H groups in total. The summed E-state index contributed by atoms with van der Waals surface area (Å²) < 4.78 is 0. The summed E-state index contributed by atoms with van der Waals surface area (Å²) in [6, 6.07) is 1.06. The fourth-order valence-electron chi connectivity index (χ4n) is 0.617. The molecule has 0 spiro atoms. The lowest BCUT2D eigenvalue weighted by molar-refractivity contribution is 0.0696. The topological polar surface area (TPSA) is 79.6 Å². The number of halogens is 1. The lowest BCUT2D eigenvalue weighted by atomic mass is 10.3. The van der Waals surface area contributed by atoms with Crippen molar-refractivity contribution >= 4 is 23.3 Å². The van der Waals surface area contributed by atoms with Crippen molar-refractivity contribution in [3.63, 3.8) is 0 Å². The number of hydrogen-bond donors (Lipinski definition) is 1. The third kappa shape index (κ3) is 1.57. The predicted octanol–water partition coefficient (Wildman–Crippen LogP) is 1.83. The van der Waals surface area contributed by atoms with Gasteiger partial charge in [0.2, 0.25) is 0 Å². The van der Waals surface area contributed by atoms with Crippen molar-refractivity contribution in [3.05, 3.63) is 27.9 Å². The molecular weight excluding hydrogens is 184 g/mol. The number of pyridine rings is 1. The third-order valence-corrected chi connectivity index (χ3v) is 1.46. The van der Waals surface area contributed by atoms with E-state index in [0.29, 0.717) is 0 Å². The van der Waals surface area contributed by atoms with Gasteiger partial charge in [-0.1, -0.05) is 11.6 Å². The van der Waals surface area contributed by atoms with E-state index in [9.17, 15) is 9.70 Å². The maximum Gasteiger partial charge on any atom is 0.337 e.